The third-order valence-corrected chi connectivity index (χ3v) is 9.03. The number of hydrogen-bond acceptors (Lipinski definition) is 15. The van der Waals surface area contributed by atoms with Crippen molar-refractivity contribution in [2.45, 2.75) is 33.2 Å². The zero-order chi connectivity index (χ0) is 29.5. The molecule has 0 aliphatic rings. The van der Waals surface area contributed by atoms with Crippen molar-refractivity contribution in [1.29, 1.82) is 0 Å². The first-order valence-corrected chi connectivity index (χ1v) is 16.6. The molecule has 0 unspecified atom stereocenters. The lowest BCUT2D eigenvalue weighted by Crippen LogP contribution is -2.46. The quantitative estimate of drug-likeness (QED) is 0.0484. The molecule has 0 saturated heterocycles. The molecule has 1 aromatic rings. The topological polar surface area (TPSA) is 213 Å². The lowest BCUT2D eigenvalue weighted by atomic mass is 10.4. The third-order valence-electron chi connectivity index (χ3n) is 5.87. The van der Waals surface area contributed by atoms with Crippen LogP contribution in [-0.2, 0) is 13.3 Å². The Labute approximate surface area is 241 Å². The molecule has 0 radical (unpaired) electrons. The van der Waals surface area contributed by atoms with Crippen LogP contribution in [0.2, 0.25) is 6.04 Å². The Balaban J connectivity index is 2.87. The van der Waals surface area contributed by atoms with Crippen LogP contribution in [0.1, 0.15) is 27.2 Å². The van der Waals surface area contributed by atoms with E-state index in [0.717, 1.165) is 45.7 Å². The van der Waals surface area contributed by atoms with Gasteiger partial charge in [-0.3, -0.25) is 9.80 Å². The van der Waals surface area contributed by atoms with Crippen LogP contribution in [0.5, 0.6) is 0 Å². The van der Waals surface area contributed by atoms with Gasteiger partial charge in [0.15, 0.2) is 0 Å². The summed E-state index contributed by atoms with van der Waals surface area (Å²) in [7, 11) is -2.70. The highest BCUT2D eigenvalue weighted by Crippen LogP contribution is 2.18. The van der Waals surface area contributed by atoms with Crippen molar-refractivity contribution in [3.8, 4) is 0 Å². The van der Waals surface area contributed by atoms with Gasteiger partial charge in [-0.25, -0.2) is 0 Å². The molecule has 40 heavy (non-hydrogen) atoms. The molecule has 0 spiro atoms. The first-order valence-electron chi connectivity index (χ1n) is 14.6. The van der Waals surface area contributed by atoms with Crippen LogP contribution in [0.4, 0.5) is 17.8 Å². The smallest absolute Gasteiger partial charge is 0.374 e. The second-order valence-corrected chi connectivity index (χ2v) is 11.7. The average molecular weight is 589 g/mol. The molecule has 0 aliphatic carbocycles. The summed E-state index contributed by atoms with van der Waals surface area (Å²) in [6, 6.07) is 0.701. The van der Waals surface area contributed by atoms with E-state index in [2.05, 4.69) is 40.7 Å². The van der Waals surface area contributed by atoms with Crippen LogP contribution in [-0.4, -0.2) is 138 Å². The van der Waals surface area contributed by atoms with Gasteiger partial charge in [0.25, 0.3) is 0 Å². The number of aromatic nitrogens is 3. The maximum atomic E-state index is 5.96. The fourth-order valence-electron chi connectivity index (χ4n) is 4.17. The fourth-order valence-corrected chi connectivity index (χ4v) is 6.78. The highest BCUT2D eigenvalue weighted by molar-refractivity contribution is 6.60. The molecule has 0 aromatic carbocycles. The van der Waals surface area contributed by atoms with Crippen molar-refractivity contribution >= 4 is 26.6 Å². The molecule has 1 aromatic heterocycles. The molecule has 15 nitrogen and oxygen atoms in total. The van der Waals surface area contributed by atoms with Crippen molar-refractivity contribution in [1.82, 2.24) is 24.8 Å². The van der Waals surface area contributed by atoms with Gasteiger partial charge in [0.05, 0.1) is 0 Å². The molecule has 16 heteroatoms. The van der Waals surface area contributed by atoms with Crippen molar-refractivity contribution in [2.75, 3.05) is 121 Å². The Morgan fingerprint density at radius 3 is 1.25 bits per heavy atom. The zero-order valence-electron chi connectivity index (χ0n) is 25.0. The second-order valence-electron chi connectivity index (χ2n) is 9.01. The maximum Gasteiger partial charge on any atom is 0.500 e. The van der Waals surface area contributed by atoms with Crippen LogP contribution in [0, 0.1) is 0 Å². The van der Waals surface area contributed by atoms with Crippen LogP contribution < -0.4 is 38.9 Å². The number of rotatable bonds is 27. The highest BCUT2D eigenvalue weighted by Gasteiger charge is 2.39. The molecule has 0 atom stereocenters. The number of nitrogens with two attached hydrogens (primary N) is 4. The maximum absolute atomic E-state index is 5.96. The summed E-state index contributed by atoms with van der Waals surface area (Å²) in [6.07, 6.45) is 0.781. The van der Waals surface area contributed by atoms with Gasteiger partial charge in [-0.1, -0.05) is 0 Å². The summed E-state index contributed by atoms with van der Waals surface area (Å²) in [6.45, 7) is 16.5. The summed E-state index contributed by atoms with van der Waals surface area (Å²) in [5.41, 5.74) is 22.9. The van der Waals surface area contributed by atoms with E-state index < -0.39 is 8.80 Å². The van der Waals surface area contributed by atoms with E-state index in [9.17, 15) is 0 Å². The molecular formula is C24H56N12O3Si. The van der Waals surface area contributed by atoms with Crippen LogP contribution in [0.3, 0.4) is 0 Å². The zero-order valence-corrected chi connectivity index (χ0v) is 26.0. The van der Waals surface area contributed by atoms with Crippen molar-refractivity contribution < 1.29 is 13.3 Å². The summed E-state index contributed by atoms with van der Waals surface area (Å²) >= 11 is 0. The molecule has 11 N–H and O–H groups in total. The standard InChI is InChI=1S/C24H56N12O3Si/c1-4-37-40(38-5-2,39-6-3)21-7-12-29-22-32-23(30-13-19-35(15-8-25)16-9-26)34-24(33-22)31-14-20-36(17-10-27)18-11-28/h4-21,25-28H2,1-3H3,(H3,29,30,31,32,33,34). The fraction of sp³-hybridized carbons (Fsp3) is 0.875. The van der Waals surface area contributed by atoms with Crippen LogP contribution >= 0.6 is 0 Å². The predicted octanol–water partition coefficient (Wildman–Crippen LogP) is -1.02. The lowest BCUT2D eigenvalue weighted by Gasteiger charge is -2.28. The molecule has 0 fully saturated rings. The van der Waals surface area contributed by atoms with Crippen molar-refractivity contribution in [3.05, 3.63) is 0 Å². The van der Waals surface area contributed by atoms with Crippen LogP contribution in [0.15, 0.2) is 0 Å². The summed E-state index contributed by atoms with van der Waals surface area (Å²) in [5.74, 6) is 1.46. The van der Waals surface area contributed by atoms with E-state index in [4.69, 9.17) is 36.2 Å². The first-order chi connectivity index (χ1) is 19.5. The van der Waals surface area contributed by atoms with E-state index in [1.54, 1.807) is 0 Å². The molecule has 0 amide bonds. The van der Waals surface area contributed by atoms with Gasteiger partial charge in [-0.05, 0) is 27.2 Å². The largest absolute Gasteiger partial charge is 0.500 e. The van der Waals surface area contributed by atoms with Gasteiger partial charge in [0.1, 0.15) is 0 Å². The average Bonchev–Trinajstić information content (AvgIpc) is 2.92. The van der Waals surface area contributed by atoms with Gasteiger partial charge in [-0.15, -0.1) is 0 Å². The molecular weight excluding hydrogens is 532 g/mol. The number of nitrogens with zero attached hydrogens (tertiary/aromatic N) is 5. The highest BCUT2D eigenvalue weighted by atomic mass is 28.4. The lowest BCUT2D eigenvalue weighted by molar-refractivity contribution is 0.0710. The molecule has 1 heterocycles. The van der Waals surface area contributed by atoms with E-state index in [-0.39, 0.29) is 0 Å². The van der Waals surface area contributed by atoms with Gasteiger partial charge in [0.2, 0.25) is 17.8 Å². The minimum atomic E-state index is -2.70. The summed E-state index contributed by atoms with van der Waals surface area (Å²) in [4.78, 5) is 18.2. The molecule has 1 rings (SSSR count). The summed E-state index contributed by atoms with van der Waals surface area (Å²) in [5, 5.41) is 9.96. The summed E-state index contributed by atoms with van der Waals surface area (Å²) < 4.78 is 17.9. The Morgan fingerprint density at radius 1 is 0.575 bits per heavy atom. The Morgan fingerprint density at radius 2 is 0.925 bits per heavy atom. The molecule has 0 saturated carbocycles. The molecule has 234 valence electrons. The van der Waals surface area contributed by atoms with Gasteiger partial charge < -0.3 is 52.2 Å². The monoisotopic (exact) mass is 588 g/mol. The van der Waals surface area contributed by atoms with Gasteiger partial charge in [0, 0.05) is 111 Å². The molecule has 0 aliphatic heterocycles. The Bertz CT molecular complexity index is 686. The van der Waals surface area contributed by atoms with Gasteiger partial charge in [-0.2, -0.15) is 15.0 Å². The van der Waals surface area contributed by atoms with E-state index >= 15 is 0 Å². The minimum absolute atomic E-state index is 0.484. The Kier molecular flexibility index (Phi) is 20.8. The Hall–Kier alpha value is -1.73. The predicted molar refractivity (Wildman–Crippen MR) is 164 cm³/mol. The minimum Gasteiger partial charge on any atom is -0.374 e. The van der Waals surface area contributed by atoms with E-state index in [1.165, 1.54) is 0 Å². The third kappa shape index (κ3) is 15.3. The number of anilines is 3. The van der Waals surface area contributed by atoms with E-state index in [1.807, 2.05) is 20.8 Å². The normalized spacial score (nSPS) is 11.9. The number of nitrogens with one attached hydrogen (secondary N) is 3. The van der Waals surface area contributed by atoms with E-state index in [0.29, 0.717) is 89.5 Å². The SMILES string of the molecule is CCO[Si](CCCNc1nc(NCCN(CCN)CCN)nc(NCCN(CCN)CCN)n1)(OCC)OCC. The van der Waals surface area contributed by atoms with Crippen molar-refractivity contribution in [2.24, 2.45) is 22.9 Å². The van der Waals surface area contributed by atoms with Crippen molar-refractivity contribution in [3.63, 3.8) is 0 Å². The second kappa shape index (κ2) is 22.9. The number of hydrogen-bond donors (Lipinski definition) is 7. The first kappa shape index (κ1) is 36.3. The van der Waals surface area contributed by atoms with Crippen LogP contribution in [0.25, 0.3) is 0 Å². The van der Waals surface area contributed by atoms with Gasteiger partial charge >= 0.3 is 8.80 Å². The molecule has 0 bridgehead atoms.